The average Bonchev–Trinajstić information content (AvgIpc) is 3.38. The molecule has 4 rings (SSSR count). The van der Waals surface area contributed by atoms with Gasteiger partial charge in [0.25, 0.3) is 0 Å². The van der Waals surface area contributed by atoms with Crippen molar-refractivity contribution in [1.82, 2.24) is 9.88 Å². The van der Waals surface area contributed by atoms with Gasteiger partial charge in [0.05, 0.1) is 23.3 Å². The van der Waals surface area contributed by atoms with Crippen molar-refractivity contribution in [3.63, 3.8) is 0 Å². The summed E-state index contributed by atoms with van der Waals surface area (Å²) in [6.07, 6.45) is 5.97. The highest BCUT2D eigenvalue weighted by Gasteiger charge is 2.36. The van der Waals surface area contributed by atoms with Crippen molar-refractivity contribution in [3.8, 4) is 5.75 Å². The standard InChI is InChI=1S/C27H33FN2O3S2/c1-33-21-6-7-24-23(16-21)22(20(18-28)19-29-24)4-2-8-27(17-25(31)32)9-11-30(12-10-27)13-15-35-26-5-3-14-34-26/h3,5-7,14,16,19H,2,4,8-13,15,17-18H2,1H3,(H,31,32). The SMILES string of the molecule is COc1ccc2ncc(CF)c(CCCC3(CC(=O)O)CCN(CCSc4cccs4)CC3)c2c1. The second-order valence-corrected chi connectivity index (χ2v) is 11.7. The third-order valence-corrected chi connectivity index (χ3v) is 9.25. The molecule has 1 aliphatic heterocycles. The van der Waals surface area contributed by atoms with Crippen LogP contribution in [0.5, 0.6) is 5.75 Å². The number of nitrogens with zero attached hydrogens (tertiary/aromatic N) is 2. The van der Waals surface area contributed by atoms with Gasteiger partial charge < -0.3 is 14.7 Å². The van der Waals surface area contributed by atoms with Gasteiger partial charge in [-0.05, 0) is 85.8 Å². The number of piperidine rings is 1. The molecule has 1 aliphatic rings. The minimum Gasteiger partial charge on any atom is -0.497 e. The van der Waals surface area contributed by atoms with Crippen molar-refractivity contribution in [3.05, 3.63) is 53.0 Å². The summed E-state index contributed by atoms with van der Waals surface area (Å²) in [7, 11) is 1.62. The Balaban J connectivity index is 1.38. The van der Waals surface area contributed by atoms with E-state index in [9.17, 15) is 14.3 Å². The van der Waals surface area contributed by atoms with Crippen molar-refractivity contribution in [1.29, 1.82) is 0 Å². The molecule has 188 valence electrons. The molecule has 2 aromatic heterocycles. The average molecular weight is 517 g/mol. The molecule has 0 aliphatic carbocycles. The summed E-state index contributed by atoms with van der Waals surface area (Å²) in [6, 6.07) is 9.92. The van der Waals surface area contributed by atoms with Crippen LogP contribution in [0.15, 0.2) is 46.1 Å². The molecular weight excluding hydrogens is 483 g/mol. The summed E-state index contributed by atoms with van der Waals surface area (Å²) in [5.41, 5.74) is 2.20. The number of carbonyl (C=O) groups is 1. The first-order valence-corrected chi connectivity index (χ1v) is 14.0. The lowest BCUT2D eigenvalue weighted by atomic mass is 9.72. The van der Waals surface area contributed by atoms with E-state index in [0.717, 1.165) is 73.3 Å². The third kappa shape index (κ3) is 6.74. The van der Waals surface area contributed by atoms with Gasteiger partial charge >= 0.3 is 5.97 Å². The van der Waals surface area contributed by atoms with Crippen molar-refractivity contribution >= 4 is 40.0 Å². The number of hydrogen-bond donors (Lipinski definition) is 1. The Morgan fingerprint density at radius 3 is 2.83 bits per heavy atom. The molecule has 0 atom stereocenters. The van der Waals surface area contributed by atoms with E-state index in [1.54, 1.807) is 24.6 Å². The Hall–Kier alpha value is -2.16. The Bertz CT molecular complexity index is 1110. The highest BCUT2D eigenvalue weighted by molar-refractivity contribution is 8.01. The number of ether oxygens (including phenoxy) is 1. The quantitative estimate of drug-likeness (QED) is 0.279. The van der Waals surface area contributed by atoms with Crippen LogP contribution in [0, 0.1) is 5.41 Å². The van der Waals surface area contributed by atoms with Gasteiger partial charge in [0.1, 0.15) is 12.4 Å². The summed E-state index contributed by atoms with van der Waals surface area (Å²) < 4.78 is 20.5. The zero-order chi connectivity index (χ0) is 24.7. The number of halogens is 1. The van der Waals surface area contributed by atoms with Gasteiger partial charge in [0, 0.05) is 29.4 Å². The maximum atomic E-state index is 13.8. The number of alkyl halides is 1. The maximum absolute atomic E-state index is 13.8. The molecule has 0 amide bonds. The van der Waals surface area contributed by atoms with Gasteiger partial charge in [0.15, 0.2) is 0 Å². The molecule has 3 heterocycles. The number of aromatic nitrogens is 1. The molecule has 1 N–H and O–H groups in total. The van der Waals surface area contributed by atoms with Gasteiger partial charge in [-0.25, -0.2) is 4.39 Å². The van der Waals surface area contributed by atoms with E-state index < -0.39 is 12.6 Å². The second-order valence-electron chi connectivity index (χ2n) is 9.32. The summed E-state index contributed by atoms with van der Waals surface area (Å²) in [5, 5.41) is 12.7. The summed E-state index contributed by atoms with van der Waals surface area (Å²) in [4.78, 5) is 18.6. The van der Waals surface area contributed by atoms with E-state index in [1.165, 1.54) is 4.21 Å². The fraction of sp³-hybridized carbons (Fsp3) is 0.481. The van der Waals surface area contributed by atoms with Gasteiger partial charge in [0.2, 0.25) is 0 Å². The number of aryl methyl sites for hydroxylation is 1. The molecule has 0 unspecified atom stereocenters. The smallest absolute Gasteiger partial charge is 0.303 e. The van der Waals surface area contributed by atoms with E-state index in [2.05, 4.69) is 27.4 Å². The molecule has 3 aromatic rings. The second kappa shape index (κ2) is 12.2. The first-order chi connectivity index (χ1) is 17.0. The Kier molecular flexibility index (Phi) is 9.03. The lowest BCUT2D eigenvalue weighted by Crippen LogP contribution is -2.42. The number of carboxylic acid groups (broad SMARTS) is 1. The van der Waals surface area contributed by atoms with Crippen LogP contribution in [-0.4, -0.2) is 53.5 Å². The van der Waals surface area contributed by atoms with Gasteiger partial charge in [-0.2, -0.15) is 0 Å². The van der Waals surface area contributed by atoms with E-state index in [4.69, 9.17) is 4.74 Å². The number of hydrogen-bond acceptors (Lipinski definition) is 6. The molecule has 0 radical (unpaired) electrons. The molecule has 0 spiro atoms. The summed E-state index contributed by atoms with van der Waals surface area (Å²) >= 11 is 3.66. The minimum atomic E-state index is -0.727. The minimum absolute atomic E-state index is 0.195. The van der Waals surface area contributed by atoms with E-state index in [-0.39, 0.29) is 11.8 Å². The molecule has 1 aromatic carbocycles. The number of thioether (sulfide) groups is 1. The number of aliphatic carboxylic acids is 1. The molecule has 35 heavy (non-hydrogen) atoms. The largest absolute Gasteiger partial charge is 0.497 e. The predicted molar refractivity (Wildman–Crippen MR) is 141 cm³/mol. The molecule has 1 fully saturated rings. The molecule has 5 nitrogen and oxygen atoms in total. The Labute approximate surface area is 214 Å². The number of fused-ring (bicyclic) bond motifs is 1. The van der Waals surface area contributed by atoms with Gasteiger partial charge in [-0.15, -0.1) is 23.1 Å². The van der Waals surface area contributed by atoms with E-state index >= 15 is 0 Å². The van der Waals surface area contributed by atoms with Crippen LogP contribution in [-0.2, 0) is 17.9 Å². The van der Waals surface area contributed by atoms with Gasteiger partial charge in [-0.3, -0.25) is 9.78 Å². The number of benzene rings is 1. The number of carboxylic acids is 1. The zero-order valence-corrected chi connectivity index (χ0v) is 21.8. The third-order valence-electron chi connectivity index (χ3n) is 7.14. The van der Waals surface area contributed by atoms with Crippen LogP contribution in [0.1, 0.15) is 43.2 Å². The van der Waals surface area contributed by atoms with Crippen molar-refractivity contribution < 1.29 is 19.0 Å². The highest BCUT2D eigenvalue weighted by atomic mass is 32.2. The van der Waals surface area contributed by atoms with Crippen LogP contribution >= 0.6 is 23.1 Å². The van der Waals surface area contributed by atoms with E-state index in [0.29, 0.717) is 12.0 Å². The molecule has 0 saturated carbocycles. The van der Waals surface area contributed by atoms with Crippen LogP contribution < -0.4 is 4.74 Å². The van der Waals surface area contributed by atoms with Crippen LogP contribution in [0.2, 0.25) is 0 Å². The zero-order valence-electron chi connectivity index (χ0n) is 20.2. The van der Waals surface area contributed by atoms with Crippen LogP contribution in [0.4, 0.5) is 4.39 Å². The lowest BCUT2D eigenvalue weighted by Gasteiger charge is -2.41. The van der Waals surface area contributed by atoms with Crippen molar-refractivity contribution in [2.75, 3.05) is 32.5 Å². The summed E-state index contributed by atoms with van der Waals surface area (Å²) in [6.45, 7) is 2.33. The van der Waals surface area contributed by atoms with E-state index in [1.807, 2.05) is 30.0 Å². The monoisotopic (exact) mass is 516 g/mol. The molecular formula is C27H33FN2O3S2. The molecule has 8 heteroatoms. The van der Waals surface area contributed by atoms with Crippen molar-refractivity contribution in [2.45, 2.75) is 49.4 Å². The van der Waals surface area contributed by atoms with Gasteiger partial charge in [-0.1, -0.05) is 6.07 Å². The lowest BCUT2D eigenvalue weighted by molar-refractivity contribution is -0.140. The number of methoxy groups -OCH3 is 1. The fourth-order valence-electron chi connectivity index (χ4n) is 5.15. The number of thiophene rings is 1. The molecule has 0 bridgehead atoms. The van der Waals surface area contributed by atoms with Crippen molar-refractivity contribution in [2.24, 2.45) is 5.41 Å². The predicted octanol–water partition coefficient (Wildman–Crippen LogP) is 6.45. The fourth-order valence-corrected chi connectivity index (χ4v) is 7.02. The Morgan fingerprint density at radius 2 is 2.14 bits per heavy atom. The first-order valence-electron chi connectivity index (χ1n) is 12.1. The summed E-state index contributed by atoms with van der Waals surface area (Å²) in [5.74, 6) is 1.05. The number of pyridine rings is 1. The number of likely N-dealkylation sites (tertiary alicyclic amines) is 1. The van der Waals surface area contributed by atoms with Crippen LogP contribution in [0.3, 0.4) is 0 Å². The number of rotatable bonds is 12. The molecule has 1 saturated heterocycles. The van der Waals surface area contributed by atoms with Crippen LogP contribution in [0.25, 0.3) is 10.9 Å². The topological polar surface area (TPSA) is 62.7 Å². The first kappa shape index (κ1) is 25.9. The normalized spacial score (nSPS) is 15.9. The maximum Gasteiger partial charge on any atom is 0.303 e. The Morgan fingerprint density at radius 1 is 1.31 bits per heavy atom. The highest BCUT2D eigenvalue weighted by Crippen LogP contribution is 2.40.